The van der Waals surface area contributed by atoms with Crippen molar-refractivity contribution in [2.45, 2.75) is 64.8 Å². The number of aliphatic hydroxyl groups is 1. The summed E-state index contributed by atoms with van der Waals surface area (Å²) in [5, 5.41) is 10.0. The Balaban J connectivity index is 1.66. The van der Waals surface area contributed by atoms with Gasteiger partial charge in [-0.1, -0.05) is 17.7 Å². The maximum atomic E-state index is 12.2. The number of allylic oxidation sites excluding steroid dienone is 2. The minimum absolute atomic E-state index is 0.0359. The van der Waals surface area contributed by atoms with E-state index in [9.17, 15) is 9.90 Å². The van der Waals surface area contributed by atoms with Gasteiger partial charge in [0.25, 0.3) is 0 Å². The van der Waals surface area contributed by atoms with Gasteiger partial charge in [0, 0.05) is 32.0 Å². The smallest absolute Gasteiger partial charge is 0.410 e. The monoisotopic (exact) mass is 363 g/mol. The molecular weight excluding hydrogens is 330 g/mol. The number of ether oxygens (including phenoxy) is 2. The maximum absolute atomic E-state index is 12.2. The van der Waals surface area contributed by atoms with E-state index in [1.165, 1.54) is 30.4 Å². The number of aliphatic hydroxyl groups excluding tert-OH is 1. The van der Waals surface area contributed by atoms with E-state index >= 15 is 0 Å². The average molecular weight is 363 g/mol. The van der Waals surface area contributed by atoms with Crippen LogP contribution in [0.15, 0.2) is 23.3 Å². The third-order valence-electron chi connectivity index (χ3n) is 5.52. The number of carbonyl (C=O) groups excluding carboxylic acids is 1. The zero-order chi connectivity index (χ0) is 18.9. The van der Waals surface area contributed by atoms with Gasteiger partial charge in [0.15, 0.2) is 6.29 Å². The van der Waals surface area contributed by atoms with E-state index in [1.807, 2.05) is 20.8 Å². The molecule has 2 atom stereocenters. The summed E-state index contributed by atoms with van der Waals surface area (Å²) in [6, 6.07) is 0. The van der Waals surface area contributed by atoms with E-state index in [2.05, 4.69) is 12.2 Å². The Morgan fingerprint density at radius 3 is 2.58 bits per heavy atom. The fourth-order valence-electron chi connectivity index (χ4n) is 3.80. The van der Waals surface area contributed by atoms with E-state index in [0.29, 0.717) is 5.92 Å². The molecule has 3 aliphatic rings. The second kappa shape index (κ2) is 7.73. The van der Waals surface area contributed by atoms with Gasteiger partial charge in [-0.15, -0.1) is 0 Å². The highest BCUT2D eigenvalue weighted by molar-refractivity contribution is 5.69. The Bertz CT molecular complexity index is 579. The van der Waals surface area contributed by atoms with Crippen molar-refractivity contribution < 1.29 is 19.4 Å². The van der Waals surface area contributed by atoms with Crippen LogP contribution in [0.25, 0.3) is 0 Å². The van der Waals surface area contributed by atoms with Crippen LogP contribution < -0.4 is 0 Å². The summed E-state index contributed by atoms with van der Waals surface area (Å²) in [5.74, 6) is 1.25. The third kappa shape index (κ3) is 4.89. The molecule has 1 aliphatic heterocycles. The molecular formula is C21H33NO4. The largest absolute Gasteiger partial charge is 0.444 e. The molecule has 1 amide bonds. The van der Waals surface area contributed by atoms with Gasteiger partial charge in [0.1, 0.15) is 5.60 Å². The van der Waals surface area contributed by atoms with Gasteiger partial charge < -0.3 is 19.5 Å². The van der Waals surface area contributed by atoms with Crippen molar-refractivity contribution in [3.63, 3.8) is 0 Å². The molecule has 2 unspecified atom stereocenters. The quantitative estimate of drug-likeness (QED) is 0.753. The zero-order valence-corrected chi connectivity index (χ0v) is 16.5. The predicted molar refractivity (Wildman–Crippen MR) is 101 cm³/mol. The number of hydrogen-bond acceptors (Lipinski definition) is 4. The second-order valence-corrected chi connectivity index (χ2v) is 8.98. The van der Waals surface area contributed by atoms with Gasteiger partial charge in [0.2, 0.25) is 0 Å². The minimum Gasteiger partial charge on any atom is -0.444 e. The molecule has 26 heavy (non-hydrogen) atoms. The number of likely N-dealkylation sites (tertiary alicyclic amines) is 1. The van der Waals surface area contributed by atoms with Crippen LogP contribution in [0, 0.1) is 17.8 Å². The molecule has 1 heterocycles. The van der Waals surface area contributed by atoms with Crippen molar-refractivity contribution in [3.05, 3.63) is 23.3 Å². The molecule has 0 aromatic heterocycles. The summed E-state index contributed by atoms with van der Waals surface area (Å²) in [6.45, 7) is 7.13. The van der Waals surface area contributed by atoms with E-state index in [0.717, 1.165) is 31.8 Å². The Hall–Kier alpha value is -1.33. The first-order valence-corrected chi connectivity index (χ1v) is 9.85. The molecule has 0 bridgehead atoms. The number of hydrogen-bond donors (Lipinski definition) is 1. The standard InChI is InChI=1S/C21H33NO4/c1-21(2,3)26-20(24)22-12-17(13-22)18-10-9-15(19(23)25-4)7-8-16(18)11-14-5-6-14/h9-10,14-15,17,19,23H,5-8,11-13H2,1-4H3. The number of methoxy groups -OCH3 is 1. The first kappa shape index (κ1) is 19.4. The van der Waals surface area contributed by atoms with E-state index in [1.54, 1.807) is 12.0 Å². The Morgan fingerprint density at radius 2 is 2.00 bits per heavy atom. The van der Waals surface area contributed by atoms with Crippen LogP contribution >= 0.6 is 0 Å². The summed E-state index contributed by atoms with van der Waals surface area (Å²) in [6.07, 6.45) is 9.08. The van der Waals surface area contributed by atoms with Crippen molar-refractivity contribution in [1.82, 2.24) is 4.90 Å². The van der Waals surface area contributed by atoms with Crippen molar-refractivity contribution in [1.29, 1.82) is 0 Å². The molecule has 1 saturated heterocycles. The normalized spacial score (nSPS) is 25.7. The van der Waals surface area contributed by atoms with Crippen LogP contribution in [-0.2, 0) is 9.47 Å². The number of nitrogens with zero attached hydrogens (tertiary/aromatic N) is 1. The number of amides is 1. The average Bonchev–Trinajstić information content (AvgIpc) is 3.32. The molecule has 0 spiro atoms. The van der Waals surface area contributed by atoms with Crippen LogP contribution in [0.4, 0.5) is 4.79 Å². The topological polar surface area (TPSA) is 59.0 Å². The lowest BCUT2D eigenvalue weighted by Crippen LogP contribution is -2.52. The van der Waals surface area contributed by atoms with Gasteiger partial charge in [-0.2, -0.15) is 0 Å². The highest BCUT2D eigenvalue weighted by Crippen LogP contribution is 2.41. The zero-order valence-electron chi connectivity index (χ0n) is 16.5. The second-order valence-electron chi connectivity index (χ2n) is 8.98. The fraction of sp³-hybridized carbons (Fsp3) is 0.762. The highest BCUT2D eigenvalue weighted by atomic mass is 16.6. The number of carbonyl (C=O) groups is 1. The van der Waals surface area contributed by atoms with Gasteiger partial charge >= 0.3 is 6.09 Å². The molecule has 5 nitrogen and oxygen atoms in total. The Morgan fingerprint density at radius 1 is 1.31 bits per heavy atom. The molecule has 5 heteroatoms. The molecule has 3 rings (SSSR count). The van der Waals surface area contributed by atoms with E-state index in [-0.39, 0.29) is 12.0 Å². The molecule has 146 valence electrons. The molecule has 2 aliphatic carbocycles. The molecule has 0 aromatic carbocycles. The summed E-state index contributed by atoms with van der Waals surface area (Å²) in [5.41, 5.74) is 2.44. The summed E-state index contributed by atoms with van der Waals surface area (Å²) < 4.78 is 10.6. The minimum atomic E-state index is -0.743. The molecule has 1 N–H and O–H groups in total. The number of rotatable bonds is 5. The Labute approximate surface area is 157 Å². The lowest BCUT2D eigenvalue weighted by molar-refractivity contribution is -0.102. The first-order valence-electron chi connectivity index (χ1n) is 9.85. The third-order valence-corrected chi connectivity index (χ3v) is 5.52. The molecule has 0 aromatic rings. The maximum Gasteiger partial charge on any atom is 0.410 e. The van der Waals surface area contributed by atoms with Crippen LogP contribution in [-0.4, -0.2) is 48.2 Å². The highest BCUT2D eigenvalue weighted by Gasteiger charge is 2.37. The summed E-state index contributed by atoms with van der Waals surface area (Å²) in [4.78, 5) is 14.0. The van der Waals surface area contributed by atoms with Crippen molar-refractivity contribution in [2.75, 3.05) is 20.2 Å². The summed E-state index contributed by atoms with van der Waals surface area (Å²) >= 11 is 0. The van der Waals surface area contributed by atoms with E-state index in [4.69, 9.17) is 9.47 Å². The van der Waals surface area contributed by atoms with E-state index < -0.39 is 11.9 Å². The molecule has 2 fully saturated rings. The van der Waals surface area contributed by atoms with Gasteiger partial charge in [-0.3, -0.25) is 0 Å². The van der Waals surface area contributed by atoms with Crippen LogP contribution in [0.3, 0.4) is 0 Å². The molecule has 0 radical (unpaired) electrons. The lowest BCUT2D eigenvalue weighted by Gasteiger charge is -2.41. The Kier molecular flexibility index (Phi) is 5.78. The van der Waals surface area contributed by atoms with Crippen LogP contribution in [0.1, 0.15) is 52.9 Å². The molecule has 1 saturated carbocycles. The SMILES string of the molecule is COC(O)C1C=CC(C2CN(C(=O)OC(C)(C)C)C2)=C(CC2CC2)CC1. The van der Waals surface area contributed by atoms with Gasteiger partial charge in [-0.05, 0) is 64.4 Å². The summed E-state index contributed by atoms with van der Waals surface area (Å²) in [7, 11) is 1.55. The lowest BCUT2D eigenvalue weighted by atomic mass is 9.85. The predicted octanol–water partition coefficient (Wildman–Crippen LogP) is 3.88. The van der Waals surface area contributed by atoms with Crippen molar-refractivity contribution in [2.24, 2.45) is 17.8 Å². The van der Waals surface area contributed by atoms with Gasteiger partial charge in [0.05, 0.1) is 0 Å². The van der Waals surface area contributed by atoms with Crippen molar-refractivity contribution >= 4 is 6.09 Å². The van der Waals surface area contributed by atoms with Gasteiger partial charge in [-0.25, -0.2) is 4.79 Å². The first-order chi connectivity index (χ1) is 12.3. The van der Waals surface area contributed by atoms with Crippen LogP contribution in [0.2, 0.25) is 0 Å². The van der Waals surface area contributed by atoms with Crippen LogP contribution in [0.5, 0.6) is 0 Å². The van der Waals surface area contributed by atoms with Crippen molar-refractivity contribution in [3.8, 4) is 0 Å². The fourth-order valence-corrected chi connectivity index (χ4v) is 3.80.